The summed E-state index contributed by atoms with van der Waals surface area (Å²) in [6.07, 6.45) is 3.61. The van der Waals surface area contributed by atoms with Gasteiger partial charge in [0, 0.05) is 63.1 Å². The molecule has 3 aliphatic rings. The van der Waals surface area contributed by atoms with Crippen molar-refractivity contribution in [3.05, 3.63) is 36.0 Å². The number of nitrogens with zero attached hydrogens (tertiary/aromatic N) is 5. The Balaban J connectivity index is 1.12. The Morgan fingerprint density at radius 1 is 1.09 bits per heavy atom. The molecule has 3 fully saturated rings. The lowest BCUT2D eigenvalue weighted by Crippen LogP contribution is -2.32. The number of halogens is 2. The fourth-order valence-corrected chi connectivity index (χ4v) is 6.29. The number of ether oxygens (including phenoxy) is 1. The van der Waals surface area contributed by atoms with Crippen LogP contribution in [0, 0.1) is 17.8 Å². The average molecular weight is 483 g/mol. The van der Waals surface area contributed by atoms with Gasteiger partial charge in [0.1, 0.15) is 0 Å². The predicted octanol–water partition coefficient (Wildman–Crippen LogP) is 4.52. The standard InChI is InChI=1S/C26H32F2N6O/c1-33-13-20-8-17(2-3-23(20)32-33)24-11-22(25(27)28)26(31-30-24)29-21-9-18-14-34(15-19(18)10-21)12-16-4-6-35-7-5-16/h2-3,8,11,13,16,18-19,21,25H,4-7,9-10,12,14-15H2,1H3,(H,29,31)/t18-,19+,21?. The number of anilines is 1. The van der Waals surface area contributed by atoms with Crippen molar-refractivity contribution in [2.75, 3.05) is 38.2 Å². The monoisotopic (exact) mass is 482 g/mol. The first-order valence-electron chi connectivity index (χ1n) is 12.7. The molecule has 2 aromatic heterocycles. The van der Waals surface area contributed by atoms with Crippen molar-refractivity contribution in [2.24, 2.45) is 24.8 Å². The van der Waals surface area contributed by atoms with Crippen LogP contribution in [0.4, 0.5) is 14.6 Å². The first-order valence-corrected chi connectivity index (χ1v) is 12.7. The summed E-state index contributed by atoms with van der Waals surface area (Å²) in [5, 5.41) is 17.2. The minimum absolute atomic E-state index is 0.0838. The van der Waals surface area contributed by atoms with E-state index in [1.54, 1.807) is 4.68 Å². The van der Waals surface area contributed by atoms with E-state index < -0.39 is 6.43 Å². The maximum absolute atomic E-state index is 14.0. The van der Waals surface area contributed by atoms with Gasteiger partial charge in [-0.25, -0.2) is 8.78 Å². The quantitative estimate of drug-likeness (QED) is 0.557. The molecule has 1 N–H and O–H groups in total. The Labute approximate surface area is 203 Å². The van der Waals surface area contributed by atoms with Gasteiger partial charge in [-0.3, -0.25) is 4.68 Å². The Hall–Kier alpha value is -2.65. The number of hydrogen-bond donors (Lipinski definition) is 1. The van der Waals surface area contributed by atoms with Gasteiger partial charge in [-0.1, -0.05) is 6.07 Å². The van der Waals surface area contributed by atoms with Gasteiger partial charge in [-0.2, -0.15) is 5.10 Å². The highest BCUT2D eigenvalue weighted by atomic mass is 19.3. The van der Waals surface area contributed by atoms with Gasteiger partial charge < -0.3 is 15.0 Å². The van der Waals surface area contributed by atoms with Crippen molar-refractivity contribution in [3.8, 4) is 11.3 Å². The highest BCUT2D eigenvalue weighted by Gasteiger charge is 2.41. The van der Waals surface area contributed by atoms with Crippen molar-refractivity contribution in [2.45, 2.75) is 38.2 Å². The van der Waals surface area contributed by atoms with Crippen LogP contribution < -0.4 is 5.32 Å². The lowest BCUT2D eigenvalue weighted by molar-refractivity contribution is 0.0545. The van der Waals surface area contributed by atoms with Crippen LogP contribution in [0.5, 0.6) is 0 Å². The van der Waals surface area contributed by atoms with E-state index in [4.69, 9.17) is 4.74 Å². The summed E-state index contributed by atoms with van der Waals surface area (Å²) in [5.41, 5.74) is 1.98. The van der Waals surface area contributed by atoms with E-state index in [1.807, 2.05) is 31.4 Å². The molecule has 1 saturated carbocycles. The Morgan fingerprint density at radius 2 is 1.86 bits per heavy atom. The molecule has 0 radical (unpaired) electrons. The van der Waals surface area contributed by atoms with Crippen molar-refractivity contribution in [1.29, 1.82) is 0 Å². The van der Waals surface area contributed by atoms with Gasteiger partial charge >= 0.3 is 0 Å². The minimum atomic E-state index is -2.62. The molecule has 2 aliphatic heterocycles. The Kier molecular flexibility index (Phi) is 6.14. The van der Waals surface area contributed by atoms with Gasteiger partial charge in [-0.05, 0) is 61.6 Å². The largest absolute Gasteiger partial charge is 0.381 e. The van der Waals surface area contributed by atoms with Crippen molar-refractivity contribution in [1.82, 2.24) is 24.9 Å². The lowest BCUT2D eigenvalue weighted by atomic mass is 10.00. The summed E-state index contributed by atoms with van der Waals surface area (Å²) in [7, 11) is 1.86. The normalized spacial score (nSPS) is 25.5. The SMILES string of the molecule is Cn1cc2cc(-c3cc(C(F)F)c(NC4C[C@@H]5CN(CC6CCOCC6)C[C@@H]5C4)nn3)ccc2n1. The first-order chi connectivity index (χ1) is 17.0. The summed E-state index contributed by atoms with van der Waals surface area (Å²) in [5.74, 6) is 2.22. The van der Waals surface area contributed by atoms with E-state index in [0.29, 0.717) is 17.5 Å². The fourth-order valence-electron chi connectivity index (χ4n) is 6.29. The second-order valence-corrected chi connectivity index (χ2v) is 10.5. The third kappa shape index (κ3) is 4.76. The Bertz CT molecular complexity index is 1180. The van der Waals surface area contributed by atoms with E-state index in [9.17, 15) is 8.78 Å². The highest BCUT2D eigenvalue weighted by Crippen LogP contribution is 2.40. The number of hydrogen-bond acceptors (Lipinski definition) is 6. The fraction of sp³-hybridized carbons (Fsp3) is 0.577. The van der Waals surface area contributed by atoms with E-state index >= 15 is 0 Å². The third-order valence-corrected chi connectivity index (χ3v) is 8.00. The number of nitrogens with one attached hydrogen (secondary N) is 1. The van der Waals surface area contributed by atoms with Crippen molar-refractivity contribution >= 4 is 16.7 Å². The summed E-state index contributed by atoms with van der Waals surface area (Å²) in [6.45, 7) is 5.18. The summed E-state index contributed by atoms with van der Waals surface area (Å²) in [6, 6.07) is 7.29. The zero-order valence-electron chi connectivity index (χ0n) is 20.0. The molecule has 7 nitrogen and oxygen atoms in total. The molecular formula is C26H32F2N6O. The van der Waals surface area contributed by atoms with Crippen LogP contribution in [0.3, 0.4) is 0 Å². The zero-order chi connectivity index (χ0) is 23.9. The molecule has 35 heavy (non-hydrogen) atoms. The molecule has 1 aliphatic carbocycles. The molecule has 6 rings (SSSR count). The van der Waals surface area contributed by atoms with Crippen LogP contribution in [0.2, 0.25) is 0 Å². The lowest BCUT2D eigenvalue weighted by Gasteiger charge is -2.28. The third-order valence-electron chi connectivity index (χ3n) is 8.00. The molecular weight excluding hydrogens is 450 g/mol. The first kappa shape index (κ1) is 22.8. The smallest absolute Gasteiger partial charge is 0.267 e. The molecule has 4 heterocycles. The van der Waals surface area contributed by atoms with Crippen LogP contribution in [0.25, 0.3) is 22.2 Å². The highest BCUT2D eigenvalue weighted by molar-refractivity contribution is 5.83. The topological polar surface area (TPSA) is 68.1 Å². The van der Waals surface area contributed by atoms with Gasteiger partial charge in [0.2, 0.25) is 0 Å². The van der Waals surface area contributed by atoms with E-state index in [0.717, 1.165) is 74.4 Å². The van der Waals surface area contributed by atoms with Crippen molar-refractivity contribution in [3.63, 3.8) is 0 Å². The molecule has 0 bridgehead atoms. The molecule has 2 saturated heterocycles. The van der Waals surface area contributed by atoms with E-state index in [1.165, 1.54) is 12.6 Å². The number of benzene rings is 1. The molecule has 1 aromatic carbocycles. The second-order valence-electron chi connectivity index (χ2n) is 10.5. The van der Waals surface area contributed by atoms with Crippen LogP contribution >= 0.6 is 0 Å². The number of likely N-dealkylation sites (tertiary alicyclic amines) is 1. The minimum Gasteiger partial charge on any atom is -0.381 e. The zero-order valence-corrected chi connectivity index (χ0v) is 20.0. The molecule has 0 amide bonds. The van der Waals surface area contributed by atoms with Gasteiger partial charge in [0.15, 0.2) is 5.82 Å². The second kappa shape index (κ2) is 9.43. The molecule has 186 valence electrons. The van der Waals surface area contributed by atoms with E-state index in [-0.39, 0.29) is 17.4 Å². The average Bonchev–Trinajstić information content (AvgIpc) is 3.51. The van der Waals surface area contributed by atoms with Crippen molar-refractivity contribution < 1.29 is 13.5 Å². The van der Waals surface area contributed by atoms with Crippen LogP contribution in [-0.2, 0) is 11.8 Å². The molecule has 3 atom stereocenters. The number of fused-ring (bicyclic) bond motifs is 2. The number of rotatable bonds is 6. The Morgan fingerprint density at radius 3 is 2.60 bits per heavy atom. The summed E-state index contributed by atoms with van der Waals surface area (Å²) >= 11 is 0. The van der Waals surface area contributed by atoms with Crippen LogP contribution in [-0.4, -0.2) is 63.8 Å². The maximum atomic E-state index is 14.0. The van der Waals surface area contributed by atoms with Crippen LogP contribution in [0.1, 0.15) is 37.7 Å². The van der Waals surface area contributed by atoms with Gasteiger partial charge in [-0.15, -0.1) is 10.2 Å². The number of alkyl halides is 2. The van der Waals surface area contributed by atoms with Gasteiger partial charge in [0.25, 0.3) is 6.43 Å². The van der Waals surface area contributed by atoms with E-state index in [2.05, 4.69) is 25.5 Å². The number of aryl methyl sites for hydroxylation is 1. The number of aromatic nitrogens is 4. The molecule has 1 unspecified atom stereocenters. The molecule has 0 spiro atoms. The molecule has 3 aromatic rings. The maximum Gasteiger partial charge on any atom is 0.267 e. The van der Waals surface area contributed by atoms with Crippen LogP contribution in [0.15, 0.2) is 30.5 Å². The van der Waals surface area contributed by atoms with Gasteiger partial charge in [0.05, 0.1) is 16.8 Å². The predicted molar refractivity (Wildman–Crippen MR) is 130 cm³/mol. The molecule has 9 heteroatoms. The summed E-state index contributed by atoms with van der Waals surface area (Å²) in [4.78, 5) is 2.61. The summed E-state index contributed by atoms with van der Waals surface area (Å²) < 4.78 is 35.3.